The van der Waals surface area contributed by atoms with Crippen LogP contribution in [-0.2, 0) is 19.4 Å². The van der Waals surface area contributed by atoms with Crippen LogP contribution in [0.2, 0.25) is 0 Å². The Hall–Kier alpha value is -3.00. The van der Waals surface area contributed by atoms with Crippen LogP contribution in [0, 0.1) is 6.92 Å². The van der Waals surface area contributed by atoms with Crippen molar-refractivity contribution in [1.82, 2.24) is 30.0 Å². The van der Waals surface area contributed by atoms with Gasteiger partial charge in [0.05, 0.1) is 5.56 Å². The summed E-state index contributed by atoms with van der Waals surface area (Å²) < 4.78 is 7.99. The monoisotopic (exact) mass is 422 g/mol. The normalized spacial score (nSPS) is 15.3. The summed E-state index contributed by atoms with van der Waals surface area (Å²) in [6.07, 6.45) is 5.85. The molecule has 3 aromatic rings. The number of nitrogens with zero attached hydrogens (tertiary/aromatic N) is 5. The highest BCUT2D eigenvalue weighted by atomic mass is 16.3. The Morgan fingerprint density at radius 1 is 1.23 bits per heavy atom. The van der Waals surface area contributed by atoms with Crippen molar-refractivity contribution in [2.75, 3.05) is 26.2 Å². The van der Waals surface area contributed by atoms with E-state index in [-0.39, 0.29) is 5.91 Å². The molecule has 31 heavy (non-hydrogen) atoms. The molecule has 8 nitrogen and oxygen atoms in total. The van der Waals surface area contributed by atoms with E-state index < -0.39 is 0 Å². The number of nitrogens with one attached hydrogen (secondary N) is 1. The number of amides is 1. The fourth-order valence-electron chi connectivity index (χ4n) is 3.96. The number of aryl methyl sites for hydroxylation is 1. The highest BCUT2D eigenvalue weighted by molar-refractivity contribution is 5.93. The maximum atomic E-state index is 12.2. The highest BCUT2D eigenvalue weighted by Crippen LogP contribution is 2.22. The fraction of sp³-hybridized carbons (Fsp3) is 0.478. The minimum atomic E-state index is -0.115. The molecule has 4 heterocycles. The van der Waals surface area contributed by atoms with Gasteiger partial charge in [-0.1, -0.05) is 6.92 Å². The first-order valence-corrected chi connectivity index (χ1v) is 11.0. The van der Waals surface area contributed by atoms with Crippen LogP contribution in [0.25, 0.3) is 0 Å². The number of hydrogen-bond acceptors (Lipinski definition) is 6. The third-order valence-corrected chi connectivity index (χ3v) is 5.88. The minimum absolute atomic E-state index is 0.115. The zero-order chi connectivity index (χ0) is 21.6. The summed E-state index contributed by atoms with van der Waals surface area (Å²) in [5, 5.41) is 11.7. The molecule has 8 heteroatoms. The molecular formula is C23H30N6O2. The maximum Gasteiger partial charge on any atom is 0.252 e. The van der Waals surface area contributed by atoms with Crippen LogP contribution in [0.4, 0.5) is 0 Å². The van der Waals surface area contributed by atoms with E-state index in [0.717, 1.165) is 62.2 Å². The lowest BCUT2D eigenvalue weighted by Crippen LogP contribution is -2.29. The van der Waals surface area contributed by atoms with Crippen molar-refractivity contribution in [3.8, 4) is 0 Å². The Morgan fingerprint density at radius 3 is 2.90 bits per heavy atom. The van der Waals surface area contributed by atoms with Crippen LogP contribution in [-0.4, -0.2) is 56.7 Å². The predicted octanol–water partition coefficient (Wildman–Crippen LogP) is 2.60. The van der Waals surface area contributed by atoms with Gasteiger partial charge in [-0.3, -0.25) is 9.78 Å². The third-order valence-electron chi connectivity index (χ3n) is 5.88. The molecule has 0 fully saturated rings. The lowest BCUT2D eigenvalue weighted by molar-refractivity contribution is 0.0953. The molecule has 1 aliphatic rings. The van der Waals surface area contributed by atoms with Gasteiger partial charge >= 0.3 is 0 Å². The van der Waals surface area contributed by atoms with Gasteiger partial charge in [0, 0.05) is 57.3 Å². The van der Waals surface area contributed by atoms with Crippen LogP contribution >= 0.6 is 0 Å². The number of carbonyl (C=O) groups excluding carboxylic acids is 1. The zero-order valence-electron chi connectivity index (χ0n) is 18.3. The summed E-state index contributed by atoms with van der Waals surface area (Å²) >= 11 is 0. The van der Waals surface area contributed by atoms with Crippen molar-refractivity contribution >= 4 is 5.91 Å². The molecule has 0 aromatic carbocycles. The molecule has 0 radical (unpaired) electrons. The lowest BCUT2D eigenvalue weighted by Gasteiger charge is -2.21. The summed E-state index contributed by atoms with van der Waals surface area (Å²) in [5.41, 5.74) is 0.567. The van der Waals surface area contributed by atoms with Crippen LogP contribution in [0.5, 0.6) is 0 Å². The minimum Gasteiger partial charge on any atom is -0.466 e. The van der Waals surface area contributed by atoms with Gasteiger partial charge in [0.2, 0.25) is 0 Å². The van der Waals surface area contributed by atoms with Crippen molar-refractivity contribution < 1.29 is 9.21 Å². The van der Waals surface area contributed by atoms with Crippen LogP contribution in [0.1, 0.15) is 52.8 Å². The standard InChI is InChI=1S/C23H30N6O2/c1-17(20-6-5-18(2)31-20)8-12-28-13-9-22-27-26-21(29(22)15-14-28)7-11-25-23(30)19-4-3-10-24-16-19/h3-6,10,16-17H,7-9,11-15H2,1-2H3,(H,25,30)/t17-/m0/s1. The molecule has 1 amide bonds. The fourth-order valence-corrected chi connectivity index (χ4v) is 3.96. The smallest absolute Gasteiger partial charge is 0.252 e. The average molecular weight is 423 g/mol. The van der Waals surface area contributed by atoms with Crippen LogP contribution in [0.3, 0.4) is 0 Å². The second-order valence-electron chi connectivity index (χ2n) is 8.16. The number of fused-ring (bicyclic) bond motifs is 1. The Bertz CT molecular complexity index is 997. The second-order valence-corrected chi connectivity index (χ2v) is 8.16. The number of carbonyl (C=O) groups is 1. The molecule has 3 aromatic heterocycles. The topological polar surface area (TPSA) is 89.1 Å². The molecule has 0 spiro atoms. The Labute approximate surface area is 182 Å². The molecule has 164 valence electrons. The quantitative estimate of drug-likeness (QED) is 0.600. The van der Waals surface area contributed by atoms with Crippen molar-refractivity contribution in [1.29, 1.82) is 0 Å². The lowest BCUT2D eigenvalue weighted by atomic mass is 10.0. The SMILES string of the molecule is Cc1ccc([C@@H](C)CCN2CCc3nnc(CCNC(=O)c4cccnc4)n3CC2)o1. The van der Waals surface area contributed by atoms with Gasteiger partial charge in [-0.05, 0) is 44.2 Å². The van der Waals surface area contributed by atoms with Crippen molar-refractivity contribution in [3.05, 3.63) is 65.4 Å². The van der Waals surface area contributed by atoms with Gasteiger partial charge in [0.25, 0.3) is 5.91 Å². The predicted molar refractivity (Wildman–Crippen MR) is 117 cm³/mol. The Morgan fingerprint density at radius 2 is 2.13 bits per heavy atom. The third kappa shape index (κ3) is 5.38. The van der Waals surface area contributed by atoms with E-state index in [1.165, 1.54) is 0 Å². The highest BCUT2D eigenvalue weighted by Gasteiger charge is 2.20. The van der Waals surface area contributed by atoms with Crippen molar-refractivity contribution in [3.63, 3.8) is 0 Å². The summed E-state index contributed by atoms with van der Waals surface area (Å²) in [5.74, 6) is 4.30. The van der Waals surface area contributed by atoms with Gasteiger partial charge in [0.15, 0.2) is 0 Å². The molecule has 1 atom stereocenters. The molecule has 1 N–H and O–H groups in total. The van der Waals surface area contributed by atoms with Crippen molar-refractivity contribution in [2.24, 2.45) is 0 Å². The van der Waals surface area contributed by atoms with Gasteiger partial charge in [-0.25, -0.2) is 0 Å². The van der Waals surface area contributed by atoms with Crippen LogP contribution < -0.4 is 5.32 Å². The number of furan rings is 1. The zero-order valence-corrected chi connectivity index (χ0v) is 18.3. The van der Waals surface area contributed by atoms with Gasteiger partial charge in [0.1, 0.15) is 23.2 Å². The molecule has 0 aliphatic carbocycles. The second kappa shape index (κ2) is 9.87. The van der Waals surface area contributed by atoms with E-state index in [2.05, 4.69) is 43.0 Å². The largest absolute Gasteiger partial charge is 0.466 e. The van der Waals surface area contributed by atoms with E-state index in [9.17, 15) is 4.79 Å². The molecule has 1 aliphatic heterocycles. The van der Waals surface area contributed by atoms with E-state index in [1.807, 2.05) is 13.0 Å². The Kier molecular flexibility index (Phi) is 6.76. The average Bonchev–Trinajstić information content (AvgIpc) is 3.33. The maximum absolute atomic E-state index is 12.2. The van der Waals surface area contributed by atoms with E-state index in [0.29, 0.717) is 24.4 Å². The first-order chi connectivity index (χ1) is 15.1. The number of pyridine rings is 1. The molecule has 0 saturated carbocycles. The van der Waals surface area contributed by atoms with E-state index in [1.54, 1.807) is 24.5 Å². The number of hydrogen-bond donors (Lipinski definition) is 1. The summed E-state index contributed by atoms with van der Waals surface area (Å²) in [7, 11) is 0. The van der Waals surface area contributed by atoms with Crippen LogP contribution in [0.15, 0.2) is 41.1 Å². The number of aromatic nitrogens is 4. The summed E-state index contributed by atoms with van der Waals surface area (Å²) in [6, 6.07) is 7.64. The van der Waals surface area contributed by atoms with E-state index >= 15 is 0 Å². The number of rotatable bonds is 8. The van der Waals surface area contributed by atoms with Crippen molar-refractivity contribution in [2.45, 2.75) is 45.6 Å². The molecule has 0 unspecified atom stereocenters. The molecular weight excluding hydrogens is 392 g/mol. The first kappa shape index (κ1) is 21.2. The first-order valence-electron chi connectivity index (χ1n) is 11.0. The summed E-state index contributed by atoms with van der Waals surface area (Å²) in [6.45, 7) is 8.61. The van der Waals surface area contributed by atoms with Gasteiger partial charge in [-0.15, -0.1) is 10.2 Å². The Balaban J connectivity index is 1.26. The molecule has 0 saturated heterocycles. The molecule has 0 bridgehead atoms. The van der Waals surface area contributed by atoms with E-state index in [4.69, 9.17) is 4.42 Å². The molecule has 4 rings (SSSR count). The van der Waals surface area contributed by atoms with Gasteiger partial charge in [-0.2, -0.15) is 0 Å². The van der Waals surface area contributed by atoms with Gasteiger partial charge < -0.3 is 19.2 Å². The summed E-state index contributed by atoms with van der Waals surface area (Å²) in [4.78, 5) is 18.7.